The summed E-state index contributed by atoms with van der Waals surface area (Å²) in [5.74, 6) is -0.773. The van der Waals surface area contributed by atoms with Gasteiger partial charge in [0.15, 0.2) is 0 Å². The predicted molar refractivity (Wildman–Crippen MR) is 99.6 cm³/mol. The number of benzene rings is 1. The lowest BCUT2D eigenvalue weighted by Crippen LogP contribution is -2.47. The lowest BCUT2D eigenvalue weighted by molar-refractivity contribution is -0.120. The van der Waals surface area contributed by atoms with Crippen LogP contribution in [-0.4, -0.2) is 40.8 Å². The molecule has 0 saturated heterocycles. The number of ether oxygens (including phenoxy) is 1. The Morgan fingerprint density at radius 2 is 1.74 bits per heavy atom. The van der Waals surface area contributed by atoms with E-state index >= 15 is 0 Å². The summed E-state index contributed by atoms with van der Waals surface area (Å²) in [5.41, 5.74) is 1.12. The lowest BCUT2D eigenvalue weighted by Gasteiger charge is -2.26. The number of hydrogen-bond acceptors (Lipinski definition) is 5. The molecule has 7 nitrogen and oxygen atoms in total. The molecule has 1 aliphatic rings. The first-order valence-electron chi connectivity index (χ1n) is 8.70. The van der Waals surface area contributed by atoms with E-state index < -0.39 is 23.8 Å². The van der Waals surface area contributed by atoms with Gasteiger partial charge in [-0.1, -0.05) is 26.0 Å². The average Bonchev–Trinajstić information content (AvgIpc) is 2.91. The van der Waals surface area contributed by atoms with Crippen LogP contribution in [-0.2, 0) is 4.79 Å². The van der Waals surface area contributed by atoms with Crippen molar-refractivity contribution in [1.29, 1.82) is 0 Å². The Hall–Kier alpha value is -3.22. The molecular weight excluding hydrogens is 346 g/mol. The number of methoxy groups -OCH3 is 1. The molecule has 1 atom stereocenters. The van der Waals surface area contributed by atoms with Gasteiger partial charge in [0, 0.05) is 6.07 Å². The quantitative estimate of drug-likeness (QED) is 0.793. The third-order valence-corrected chi connectivity index (χ3v) is 4.35. The second-order valence-corrected chi connectivity index (χ2v) is 6.75. The molecule has 2 heterocycles. The van der Waals surface area contributed by atoms with E-state index in [0.717, 1.165) is 4.90 Å². The third kappa shape index (κ3) is 3.67. The molecule has 3 amide bonds. The molecule has 0 aliphatic carbocycles. The number of fused-ring (bicyclic) bond motifs is 1. The molecule has 2 aromatic rings. The minimum atomic E-state index is -0.903. The van der Waals surface area contributed by atoms with Crippen LogP contribution in [0.15, 0.2) is 42.6 Å². The van der Waals surface area contributed by atoms with Gasteiger partial charge in [0.2, 0.25) is 11.8 Å². The van der Waals surface area contributed by atoms with Crippen molar-refractivity contribution in [2.75, 3.05) is 12.4 Å². The van der Waals surface area contributed by atoms with Crippen LogP contribution in [0.25, 0.3) is 0 Å². The van der Waals surface area contributed by atoms with Gasteiger partial charge in [-0.15, -0.1) is 0 Å². The molecule has 1 aromatic carbocycles. The number of aromatic nitrogens is 1. The Bertz CT molecular complexity index is 842. The van der Waals surface area contributed by atoms with Gasteiger partial charge in [-0.25, -0.2) is 4.98 Å². The second-order valence-electron chi connectivity index (χ2n) is 6.75. The molecule has 3 rings (SSSR count). The lowest BCUT2D eigenvalue weighted by atomic mass is 10.0. The van der Waals surface area contributed by atoms with Crippen molar-refractivity contribution < 1.29 is 19.1 Å². The number of hydrogen-bond donors (Lipinski definition) is 1. The van der Waals surface area contributed by atoms with Crippen LogP contribution in [0.1, 0.15) is 41.0 Å². The number of nitrogens with zero attached hydrogens (tertiary/aromatic N) is 2. The standard InChI is InChI=1S/C20H21N3O4/c1-12(2)10-16(18(24)22-13-8-9-17(27-3)21-11-13)23-19(25)14-6-4-5-7-15(14)20(23)26/h4-9,11-12,16H,10H2,1-3H3,(H,22,24). The topological polar surface area (TPSA) is 88.6 Å². The molecular formula is C20H21N3O4. The number of pyridine rings is 1. The van der Waals surface area contributed by atoms with Crippen molar-refractivity contribution in [3.05, 3.63) is 53.7 Å². The molecule has 1 N–H and O–H groups in total. The van der Waals surface area contributed by atoms with E-state index in [0.29, 0.717) is 29.1 Å². The molecule has 0 fully saturated rings. The Morgan fingerprint density at radius 3 is 2.22 bits per heavy atom. The summed E-state index contributed by atoms with van der Waals surface area (Å²) in [6, 6.07) is 8.98. The summed E-state index contributed by atoms with van der Waals surface area (Å²) >= 11 is 0. The zero-order valence-electron chi connectivity index (χ0n) is 15.4. The number of amides is 3. The van der Waals surface area contributed by atoms with Gasteiger partial charge in [0.05, 0.1) is 30.1 Å². The van der Waals surface area contributed by atoms with Gasteiger partial charge in [-0.3, -0.25) is 19.3 Å². The van der Waals surface area contributed by atoms with Crippen molar-refractivity contribution in [3.63, 3.8) is 0 Å². The van der Waals surface area contributed by atoms with Gasteiger partial charge in [-0.2, -0.15) is 0 Å². The first kappa shape index (κ1) is 18.6. The molecule has 1 unspecified atom stereocenters. The maximum absolute atomic E-state index is 12.9. The Morgan fingerprint density at radius 1 is 1.11 bits per heavy atom. The molecule has 0 saturated carbocycles. The summed E-state index contributed by atoms with van der Waals surface area (Å²) in [5, 5.41) is 2.74. The highest BCUT2D eigenvalue weighted by atomic mass is 16.5. The molecule has 0 bridgehead atoms. The molecule has 0 radical (unpaired) electrons. The monoisotopic (exact) mass is 367 g/mol. The van der Waals surface area contributed by atoms with Crippen molar-refractivity contribution in [2.45, 2.75) is 26.3 Å². The van der Waals surface area contributed by atoms with Crippen molar-refractivity contribution in [1.82, 2.24) is 9.88 Å². The first-order chi connectivity index (χ1) is 12.9. The molecule has 27 heavy (non-hydrogen) atoms. The molecule has 0 spiro atoms. The summed E-state index contributed by atoms with van der Waals surface area (Å²) in [6.45, 7) is 3.88. The summed E-state index contributed by atoms with van der Waals surface area (Å²) in [7, 11) is 1.50. The third-order valence-electron chi connectivity index (χ3n) is 4.35. The molecule has 140 valence electrons. The highest BCUT2D eigenvalue weighted by Crippen LogP contribution is 2.27. The summed E-state index contributed by atoms with van der Waals surface area (Å²) in [4.78, 5) is 43.6. The Kier molecular flexibility index (Phi) is 5.21. The largest absolute Gasteiger partial charge is 0.481 e. The smallest absolute Gasteiger partial charge is 0.262 e. The summed E-state index contributed by atoms with van der Waals surface area (Å²) in [6.07, 6.45) is 1.83. The van der Waals surface area contributed by atoms with E-state index in [2.05, 4.69) is 10.3 Å². The molecule has 7 heteroatoms. The van der Waals surface area contributed by atoms with Crippen LogP contribution in [0.4, 0.5) is 5.69 Å². The Balaban J connectivity index is 1.86. The average molecular weight is 367 g/mol. The van der Waals surface area contributed by atoms with Gasteiger partial charge < -0.3 is 10.1 Å². The second kappa shape index (κ2) is 7.57. The predicted octanol–water partition coefficient (Wildman–Crippen LogP) is 2.74. The van der Waals surface area contributed by atoms with E-state index in [1.165, 1.54) is 13.3 Å². The maximum atomic E-state index is 12.9. The number of nitrogens with one attached hydrogen (secondary N) is 1. The fraction of sp³-hybridized carbons (Fsp3) is 0.300. The van der Waals surface area contributed by atoms with Gasteiger partial charge in [-0.05, 0) is 30.5 Å². The van der Waals surface area contributed by atoms with E-state index in [1.54, 1.807) is 36.4 Å². The van der Waals surface area contributed by atoms with Gasteiger partial charge >= 0.3 is 0 Å². The van der Waals surface area contributed by atoms with E-state index in [1.807, 2.05) is 13.8 Å². The highest BCUT2D eigenvalue weighted by Gasteiger charge is 2.42. The SMILES string of the molecule is COc1ccc(NC(=O)C(CC(C)C)N2C(=O)c3ccccc3C2=O)cn1. The minimum Gasteiger partial charge on any atom is -0.481 e. The number of carbonyl (C=O) groups excluding carboxylic acids is 3. The highest BCUT2D eigenvalue weighted by molar-refractivity contribution is 6.23. The zero-order chi connectivity index (χ0) is 19.6. The zero-order valence-corrected chi connectivity index (χ0v) is 15.4. The normalized spacial score (nSPS) is 14.3. The fourth-order valence-corrected chi connectivity index (χ4v) is 3.07. The van der Waals surface area contributed by atoms with E-state index in [9.17, 15) is 14.4 Å². The van der Waals surface area contributed by atoms with Crippen LogP contribution in [0.2, 0.25) is 0 Å². The van der Waals surface area contributed by atoms with Crippen LogP contribution < -0.4 is 10.1 Å². The van der Waals surface area contributed by atoms with Gasteiger partial charge in [0.1, 0.15) is 6.04 Å². The first-order valence-corrected chi connectivity index (χ1v) is 8.70. The minimum absolute atomic E-state index is 0.110. The van der Waals surface area contributed by atoms with Crippen LogP contribution in [0, 0.1) is 5.92 Å². The van der Waals surface area contributed by atoms with E-state index in [-0.39, 0.29) is 5.92 Å². The van der Waals surface area contributed by atoms with Crippen LogP contribution in [0.5, 0.6) is 5.88 Å². The van der Waals surface area contributed by atoms with Crippen molar-refractivity contribution in [3.8, 4) is 5.88 Å². The molecule has 1 aromatic heterocycles. The van der Waals surface area contributed by atoms with Crippen molar-refractivity contribution >= 4 is 23.4 Å². The Labute approximate surface area is 157 Å². The van der Waals surface area contributed by atoms with Crippen LogP contribution in [0.3, 0.4) is 0 Å². The number of rotatable bonds is 6. The van der Waals surface area contributed by atoms with E-state index in [4.69, 9.17) is 4.74 Å². The maximum Gasteiger partial charge on any atom is 0.262 e. The fourth-order valence-electron chi connectivity index (χ4n) is 3.07. The summed E-state index contributed by atoms with van der Waals surface area (Å²) < 4.78 is 5.00. The molecule has 1 aliphatic heterocycles. The number of carbonyl (C=O) groups is 3. The number of anilines is 1. The van der Waals surface area contributed by atoms with Gasteiger partial charge in [0.25, 0.3) is 11.8 Å². The number of imide groups is 1. The van der Waals surface area contributed by atoms with Crippen LogP contribution >= 0.6 is 0 Å². The van der Waals surface area contributed by atoms with Crippen molar-refractivity contribution in [2.24, 2.45) is 5.92 Å².